The fraction of sp³-hybridized carbons (Fsp3) is 0.440. The molecule has 1 amide bonds. The van der Waals surface area contributed by atoms with Gasteiger partial charge in [-0.1, -0.05) is 36.4 Å². The van der Waals surface area contributed by atoms with Gasteiger partial charge in [-0.25, -0.2) is 0 Å². The molecular weight excluding hydrogens is 402 g/mol. The first-order valence-electron chi connectivity index (χ1n) is 11.4. The summed E-state index contributed by atoms with van der Waals surface area (Å²) in [6.45, 7) is 6.74. The molecule has 0 radical (unpaired) electrons. The van der Waals surface area contributed by atoms with E-state index >= 15 is 0 Å². The molecule has 170 valence electrons. The average Bonchev–Trinajstić information content (AvgIpc) is 3.27. The number of rotatable bonds is 7. The Morgan fingerprint density at radius 3 is 2.38 bits per heavy atom. The first-order valence-corrected chi connectivity index (χ1v) is 11.4. The fourth-order valence-electron chi connectivity index (χ4n) is 4.18. The zero-order chi connectivity index (χ0) is 22.2. The van der Waals surface area contributed by atoms with Crippen LogP contribution in [0.5, 0.6) is 0 Å². The largest absolute Gasteiger partial charge is 0.379 e. The van der Waals surface area contributed by atoms with E-state index in [1.807, 2.05) is 17.0 Å². The number of nitrogens with one attached hydrogen (secondary N) is 2. The lowest BCUT2D eigenvalue weighted by Gasteiger charge is -2.27. The summed E-state index contributed by atoms with van der Waals surface area (Å²) in [5, 5.41) is 6.82. The molecule has 4 rings (SSSR count). The molecule has 0 spiro atoms. The van der Waals surface area contributed by atoms with Crippen LogP contribution in [0.15, 0.2) is 53.5 Å². The van der Waals surface area contributed by atoms with Gasteiger partial charge in [0, 0.05) is 58.4 Å². The highest BCUT2D eigenvalue weighted by Gasteiger charge is 2.21. The topological polar surface area (TPSA) is 69.2 Å². The second-order valence-electron chi connectivity index (χ2n) is 8.25. The Bertz CT molecular complexity index is 922. The molecule has 7 nitrogen and oxygen atoms in total. The summed E-state index contributed by atoms with van der Waals surface area (Å²) in [7, 11) is 1.79. The van der Waals surface area contributed by atoms with Crippen LogP contribution < -0.4 is 15.5 Å². The number of nitrogens with zero attached hydrogens (tertiary/aromatic N) is 3. The van der Waals surface area contributed by atoms with Gasteiger partial charge in [0.2, 0.25) is 5.91 Å². The maximum atomic E-state index is 11.9. The van der Waals surface area contributed by atoms with E-state index in [1.165, 1.54) is 11.1 Å². The van der Waals surface area contributed by atoms with Crippen LogP contribution in [0.1, 0.15) is 29.5 Å². The van der Waals surface area contributed by atoms with Crippen molar-refractivity contribution in [3.8, 4) is 0 Å². The van der Waals surface area contributed by atoms with Crippen molar-refractivity contribution in [1.82, 2.24) is 15.5 Å². The van der Waals surface area contributed by atoms with Crippen molar-refractivity contribution in [2.75, 3.05) is 44.8 Å². The average molecular weight is 436 g/mol. The van der Waals surface area contributed by atoms with E-state index < -0.39 is 0 Å². The minimum absolute atomic E-state index is 0.217. The third-order valence-corrected chi connectivity index (χ3v) is 6.07. The number of hydrogen-bond donors (Lipinski definition) is 2. The molecule has 2 aliphatic heterocycles. The van der Waals surface area contributed by atoms with Gasteiger partial charge in [-0.3, -0.25) is 14.7 Å². The molecule has 2 aliphatic rings. The summed E-state index contributed by atoms with van der Waals surface area (Å²) in [5.74, 6) is 0.986. The van der Waals surface area contributed by atoms with Crippen molar-refractivity contribution in [3.63, 3.8) is 0 Å². The van der Waals surface area contributed by atoms with Gasteiger partial charge in [0.1, 0.15) is 0 Å². The second kappa shape index (κ2) is 11.1. The minimum Gasteiger partial charge on any atom is -0.379 e. The lowest BCUT2D eigenvalue weighted by Crippen LogP contribution is -2.37. The number of anilines is 1. The lowest BCUT2D eigenvalue weighted by molar-refractivity contribution is -0.117. The van der Waals surface area contributed by atoms with Crippen LogP contribution in [0, 0.1) is 0 Å². The molecule has 2 aromatic rings. The third kappa shape index (κ3) is 5.87. The van der Waals surface area contributed by atoms with Gasteiger partial charge in [0.25, 0.3) is 0 Å². The van der Waals surface area contributed by atoms with Crippen LogP contribution in [0.4, 0.5) is 5.69 Å². The van der Waals surface area contributed by atoms with Crippen LogP contribution in [0.2, 0.25) is 0 Å². The van der Waals surface area contributed by atoms with E-state index in [2.05, 4.69) is 56.9 Å². The normalized spacial score (nSPS) is 17.6. The van der Waals surface area contributed by atoms with Crippen molar-refractivity contribution in [3.05, 3.63) is 65.2 Å². The summed E-state index contributed by atoms with van der Waals surface area (Å²) in [4.78, 5) is 20.6. The number of morpholine rings is 1. The second-order valence-corrected chi connectivity index (χ2v) is 8.25. The van der Waals surface area contributed by atoms with Crippen LogP contribution in [-0.2, 0) is 29.2 Å². The van der Waals surface area contributed by atoms with Crippen LogP contribution in [0.25, 0.3) is 0 Å². The standard InChI is InChI=1S/C25H33N5O2/c1-26-25(27-17-20-8-10-23(11-9-20)30-12-4-7-24(30)31)28-18-21-5-2-3-6-22(21)19-29-13-15-32-16-14-29/h2-3,5-6,8-11H,4,7,12-19H2,1H3,(H2,26,27,28). The zero-order valence-corrected chi connectivity index (χ0v) is 18.8. The molecule has 0 bridgehead atoms. The number of guanidine groups is 1. The highest BCUT2D eigenvalue weighted by molar-refractivity contribution is 5.95. The Hall–Kier alpha value is -2.90. The first-order chi connectivity index (χ1) is 15.7. The number of carbonyl (C=O) groups excluding carboxylic acids is 1. The van der Waals surface area contributed by atoms with Crippen molar-refractivity contribution in [2.45, 2.75) is 32.5 Å². The van der Waals surface area contributed by atoms with Gasteiger partial charge in [-0.2, -0.15) is 0 Å². The van der Waals surface area contributed by atoms with E-state index in [9.17, 15) is 4.79 Å². The molecule has 0 aromatic heterocycles. The fourth-order valence-corrected chi connectivity index (χ4v) is 4.18. The van der Waals surface area contributed by atoms with Gasteiger partial charge in [-0.05, 0) is 35.2 Å². The van der Waals surface area contributed by atoms with E-state index in [4.69, 9.17) is 4.74 Å². The third-order valence-electron chi connectivity index (χ3n) is 6.07. The molecule has 0 saturated carbocycles. The van der Waals surface area contributed by atoms with E-state index in [1.54, 1.807) is 7.05 Å². The Kier molecular flexibility index (Phi) is 7.74. The minimum atomic E-state index is 0.217. The maximum Gasteiger partial charge on any atom is 0.227 e. The Labute approximate surface area is 190 Å². The Balaban J connectivity index is 1.28. The monoisotopic (exact) mass is 435 g/mol. The van der Waals surface area contributed by atoms with Gasteiger partial charge >= 0.3 is 0 Å². The molecule has 2 aromatic carbocycles. The Morgan fingerprint density at radius 2 is 1.69 bits per heavy atom. The first kappa shape index (κ1) is 22.3. The van der Waals surface area contributed by atoms with Gasteiger partial charge in [-0.15, -0.1) is 0 Å². The molecule has 7 heteroatoms. The summed E-state index contributed by atoms with van der Waals surface area (Å²) >= 11 is 0. The summed E-state index contributed by atoms with van der Waals surface area (Å²) in [6.07, 6.45) is 1.60. The maximum absolute atomic E-state index is 11.9. The number of carbonyl (C=O) groups is 1. The van der Waals surface area contributed by atoms with E-state index in [0.717, 1.165) is 69.6 Å². The molecule has 32 heavy (non-hydrogen) atoms. The zero-order valence-electron chi connectivity index (χ0n) is 18.8. The molecule has 2 heterocycles. The number of benzene rings is 2. The van der Waals surface area contributed by atoms with Gasteiger partial charge < -0.3 is 20.3 Å². The molecule has 2 saturated heterocycles. The van der Waals surface area contributed by atoms with Crippen molar-refractivity contribution in [1.29, 1.82) is 0 Å². The van der Waals surface area contributed by atoms with Crippen LogP contribution >= 0.6 is 0 Å². The van der Waals surface area contributed by atoms with Crippen molar-refractivity contribution >= 4 is 17.6 Å². The molecule has 0 atom stereocenters. The van der Waals surface area contributed by atoms with Gasteiger partial charge in [0.15, 0.2) is 5.96 Å². The van der Waals surface area contributed by atoms with E-state index in [-0.39, 0.29) is 5.91 Å². The Morgan fingerprint density at radius 1 is 0.969 bits per heavy atom. The summed E-state index contributed by atoms with van der Waals surface area (Å²) in [6, 6.07) is 16.8. The molecule has 2 fully saturated rings. The van der Waals surface area contributed by atoms with Crippen molar-refractivity contribution < 1.29 is 9.53 Å². The number of amides is 1. The van der Waals surface area contributed by atoms with E-state index in [0.29, 0.717) is 13.0 Å². The quantitative estimate of drug-likeness (QED) is 0.517. The predicted molar refractivity (Wildman–Crippen MR) is 128 cm³/mol. The number of aliphatic imine (C=N–C) groups is 1. The van der Waals surface area contributed by atoms with Gasteiger partial charge in [0.05, 0.1) is 13.2 Å². The smallest absolute Gasteiger partial charge is 0.227 e. The van der Waals surface area contributed by atoms with Crippen LogP contribution in [0.3, 0.4) is 0 Å². The molecule has 0 unspecified atom stereocenters. The molecule has 0 aliphatic carbocycles. The lowest BCUT2D eigenvalue weighted by atomic mass is 10.1. The highest BCUT2D eigenvalue weighted by Crippen LogP contribution is 2.21. The molecular formula is C25H33N5O2. The SMILES string of the molecule is CN=C(NCc1ccc(N2CCCC2=O)cc1)NCc1ccccc1CN1CCOCC1. The van der Waals surface area contributed by atoms with Crippen LogP contribution in [-0.4, -0.2) is 56.7 Å². The summed E-state index contributed by atoms with van der Waals surface area (Å²) in [5.41, 5.74) is 4.75. The molecule has 2 N–H and O–H groups in total. The number of ether oxygens (including phenoxy) is 1. The predicted octanol–water partition coefficient (Wildman–Crippen LogP) is 2.51. The van der Waals surface area contributed by atoms with Crippen molar-refractivity contribution in [2.24, 2.45) is 4.99 Å². The highest BCUT2D eigenvalue weighted by atomic mass is 16.5. The summed E-state index contributed by atoms with van der Waals surface area (Å²) < 4.78 is 5.47. The number of hydrogen-bond acceptors (Lipinski definition) is 4.